The SMILES string of the molecule is Cc1cc(NCCCCCCCCCC[n+]2c(C)cc(N)c3ccccc32)c2ccccc2n1.[Cl-]. The van der Waals surface area contributed by atoms with Crippen LogP contribution in [0.25, 0.3) is 21.8 Å². The Hall–Kier alpha value is -2.85. The number of unbranched alkanes of at least 4 members (excludes halogenated alkanes) is 7. The van der Waals surface area contributed by atoms with Crippen LogP contribution < -0.4 is 28.0 Å². The number of anilines is 2. The number of aryl methyl sites for hydroxylation is 3. The summed E-state index contributed by atoms with van der Waals surface area (Å²) < 4.78 is 2.42. The van der Waals surface area contributed by atoms with Crippen molar-refractivity contribution in [2.45, 2.75) is 71.8 Å². The molecule has 0 fully saturated rings. The summed E-state index contributed by atoms with van der Waals surface area (Å²) in [5, 5.41) is 6.01. The third-order valence-corrected chi connectivity index (χ3v) is 6.76. The maximum absolute atomic E-state index is 6.22. The number of nitrogens with one attached hydrogen (secondary N) is 1. The molecule has 0 spiro atoms. The van der Waals surface area contributed by atoms with E-state index in [1.165, 1.54) is 73.7 Å². The number of halogens is 1. The van der Waals surface area contributed by atoms with Crippen molar-refractivity contribution in [2.75, 3.05) is 17.6 Å². The first-order valence-electron chi connectivity index (χ1n) is 12.9. The number of benzene rings is 2. The minimum Gasteiger partial charge on any atom is -1.00 e. The Morgan fingerprint density at radius 2 is 1.40 bits per heavy atom. The normalized spacial score (nSPS) is 11.0. The molecule has 2 heterocycles. The second-order valence-electron chi connectivity index (χ2n) is 9.49. The van der Waals surface area contributed by atoms with Crippen LogP contribution in [0.5, 0.6) is 0 Å². The number of nitrogens with two attached hydrogens (primary N) is 1. The van der Waals surface area contributed by atoms with E-state index in [0.29, 0.717) is 0 Å². The van der Waals surface area contributed by atoms with Crippen LogP contribution in [0, 0.1) is 13.8 Å². The summed E-state index contributed by atoms with van der Waals surface area (Å²) in [4.78, 5) is 4.63. The van der Waals surface area contributed by atoms with Crippen LogP contribution in [0.2, 0.25) is 0 Å². The van der Waals surface area contributed by atoms with Crippen molar-refractivity contribution in [2.24, 2.45) is 0 Å². The summed E-state index contributed by atoms with van der Waals surface area (Å²) in [6.45, 7) is 6.33. The monoisotopic (exact) mass is 490 g/mol. The molecule has 0 aliphatic heterocycles. The minimum absolute atomic E-state index is 0. The van der Waals surface area contributed by atoms with E-state index in [0.717, 1.165) is 35.4 Å². The molecule has 4 nitrogen and oxygen atoms in total. The van der Waals surface area contributed by atoms with Crippen LogP contribution in [0.1, 0.15) is 62.8 Å². The van der Waals surface area contributed by atoms with Crippen molar-refractivity contribution in [1.82, 2.24) is 4.98 Å². The van der Waals surface area contributed by atoms with Crippen molar-refractivity contribution in [1.29, 1.82) is 0 Å². The first-order chi connectivity index (χ1) is 16.6. The van der Waals surface area contributed by atoms with Gasteiger partial charge in [0.15, 0.2) is 5.69 Å². The summed E-state index contributed by atoms with van der Waals surface area (Å²) >= 11 is 0. The Balaban J connectivity index is 0.00000342. The molecule has 0 saturated carbocycles. The molecule has 2 aromatic carbocycles. The molecular weight excluding hydrogens is 452 g/mol. The minimum atomic E-state index is 0. The van der Waals surface area contributed by atoms with E-state index in [-0.39, 0.29) is 12.4 Å². The highest BCUT2D eigenvalue weighted by Crippen LogP contribution is 2.23. The van der Waals surface area contributed by atoms with E-state index in [1.54, 1.807) is 0 Å². The van der Waals surface area contributed by atoms with Crippen molar-refractivity contribution in [3.63, 3.8) is 0 Å². The van der Waals surface area contributed by atoms with Gasteiger partial charge in [0.2, 0.25) is 5.52 Å². The number of rotatable bonds is 12. The van der Waals surface area contributed by atoms with E-state index in [2.05, 4.69) is 89.4 Å². The van der Waals surface area contributed by atoms with Crippen LogP contribution >= 0.6 is 0 Å². The largest absolute Gasteiger partial charge is 1.00 e. The maximum atomic E-state index is 6.22. The first-order valence-corrected chi connectivity index (χ1v) is 12.9. The van der Waals surface area contributed by atoms with Gasteiger partial charge in [-0.2, -0.15) is 4.57 Å². The molecule has 3 N–H and O–H groups in total. The van der Waals surface area contributed by atoms with E-state index in [9.17, 15) is 0 Å². The fourth-order valence-corrected chi connectivity index (χ4v) is 4.95. The quantitative estimate of drug-likeness (QED) is 0.232. The molecule has 0 aliphatic carbocycles. The Morgan fingerprint density at radius 1 is 0.771 bits per heavy atom. The highest BCUT2D eigenvalue weighted by molar-refractivity contribution is 5.91. The molecule has 0 saturated heterocycles. The van der Waals surface area contributed by atoms with Gasteiger partial charge in [-0.25, -0.2) is 0 Å². The average molecular weight is 491 g/mol. The molecule has 0 amide bonds. The van der Waals surface area contributed by atoms with E-state index < -0.39 is 0 Å². The maximum Gasteiger partial charge on any atom is 0.214 e. The third kappa shape index (κ3) is 7.08. The number of para-hydroxylation sites is 2. The first kappa shape index (κ1) is 26.7. The van der Waals surface area contributed by atoms with Crippen molar-refractivity contribution < 1.29 is 17.0 Å². The lowest BCUT2D eigenvalue weighted by molar-refractivity contribution is -0.677. The van der Waals surface area contributed by atoms with Gasteiger partial charge in [-0.3, -0.25) is 4.98 Å². The van der Waals surface area contributed by atoms with Crippen LogP contribution in [0.15, 0.2) is 60.7 Å². The number of fused-ring (bicyclic) bond motifs is 2. The summed E-state index contributed by atoms with van der Waals surface area (Å²) in [6.07, 6.45) is 10.4. The third-order valence-electron chi connectivity index (χ3n) is 6.76. The van der Waals surface area contributed by atoms with Gasteiger partial charge in [0.25, 0.3) is 0 Å². The lowest BCUT2D eigenvalue weighted by Gasteiger charge is -2.10. The van der Waals surface area contributed by atoms with Gasteiger partial charge in [-0.05, 0) is 38.0 Å². The molecule has 35 heavy (non-hydrogen) atoms. The number of hydrogen-bond donors (Lipinski definition) is 2. The summed E-state index contributed by atoms with van der Waals surface area (Å²) in [7, 11) is 0. The summed E-state index contributed by atoms with van der Waals surface area (Å²) in [5.74, 6) is 0. The van der Waals surface area contributed by atoms with Gasteiger partial charge in [0.1, 0.15) is 6.54 Å². The number of hydrogen-bond acceptors (Lipinski definition) is 3. The van der Waals surface area contributed by atoms with Gasteiger partial charge >= 0.3 is 0 Å². The second kappa shape index (κ2) is 13.3. The average Bonchev–Trinajstić information content (AvgIpc) is 2.84. The van der Waals surface area contributed by atoms with Gasteiger partial charge in [0, 0.05) is 48.8 Å². The predicted molar refractivity (Wildman–Crippen MR) is 145 cm³/mol. The van der Waals surface area contributed by atoms with Gasteiger partial charge < -0.3 is 23.5 Å². The Kier molecular flexibility index (Phi) is 10.2. The molecule has 186 valence electrons. The van der Waals surface area contributed by atoms with E-state index in [4.69, 9.17) is 5.73 Å². The van der Waals surface area contributed by atoms with Crippen LogP contribution in [0.4, 0.5) is 11.4 Å². The zero-order valence-electron chi connectivity index (χ0n) is 21.2. The van der Waals surface area contributed by atoms with Crippen LogP contribution in [0.3, 0.4) is 0 Å². The molecule has 0 aliphatic rings. The van der Waals surface area contributed by atoms with Crippen molar-refractivity contribution in [3.05, 3.63) is 72.1 Å². The number of pyridine rings is 2. The van der Waals surface area contributed by atoms with Gasteiger partial charge in [-0.1, -0.05) is 62.4 Å². The molecule has 4 aromatic rings. The number of aromatic nitrogens is 2. The van der Waals surface area contributed by atoms with Crippen molar-refractivity contribution in [3.8, 4) is 0 Å². The highest BCUT2D eigenvalue weighted by Gasteiger charge is 2.14. The Morgan fingerprint density at radius 3 is 2.17 bits per heavy atom. The van der Waals surface area contributed by atoms with Crippen LogP contribution in [-0.4, -0.2) is 11.5 Å². The number of nitrogens with zero attached hydrogens (tertiary/aromatic N) is 2. The molecule has 5 heteroatoms. The molecular formula is C30H39ClN4. The topological polar surface area (TPSA) is 54.8 Å². The molecule has 0 radical (unpaired) electrons. The van der Waals surface area contributed by atoms with Gasteiger partial charge in [0.05, 0.1) is 16.6 Å². The lowest BCUT2D eigenvalue weighted by atomic mass is 10.1. The van der Waals surface area contributed by atoms with Gasteiger partial charge in [-0.15, -0.1) is 0 Å². The zero-order valence-corrected chi connectivity index (χ0v) is 22.0. The van der Waals surface area contributed by atoms with E-state index in [1.807, 2.05) is 0 Å². The fraction of sp³-hybridized carbons (Fsp3) is 0.400. The molecule has 4 rings (SSSR count). The Bertz CT molecular complexity index is 1240. The Labute approximate surface area is 216 Å². The predicted octanol–water partition coefficient (Wildman–Crippen LogP) is 4.11. The summed E-state index contributed by atoms with van der Waals surface area (Å²) in [5.41, 5.74) is 13.0. The molecule has 2 aromatic heterocycles. The molecule has 0 atom stereocenters. The smallest absolute Gasteiger partial charge is 0.214 e. The van der Waals surface area contributed by atoms with E-state index >= 15 is 0 Å². The molecule has 0 unspecified atom stereocenters. The second-order valence-corrected chi connectivity index (χ2v) is 9.49. The zero-order chi connectivity index (χ0) is 23.8. The number of nitrogen functional groups attached to an aromatic ring is 1. The molecule has 0 bridgehead atoms. The highest BCUT2D eigenvalue weighted by atomic mass is 35.5. The fourth-order valence-electron chi connectivity index (χ4n) is 4.95. The van der Waals surface area contributed by atoms with Crippen LogP contribution in [-0.2, 0) is 6.54 Å². The lowest BCUT2D eigenvalue weighted by Crippen LogP contribution is -3.00. The summed E-state index contributed by atoms with van der Waals surface area (Å²) in [6, 6.07) is 21.1. The van der Waals surface area contributed by atoms with Crippen molar-refractivity contribution >= 4 is 33.2 Å². The standard InChI is InChI=1S/C30H38N4.ClH/c1-23-21-29(26-16-9-11-17-28(26)33-23)32-19-13-7-5-3-4-6-8-14-20-34-24(2)22-27(31)25-15-10-12-18-30(25)34;/h9-12,15-18,21-22,31H,3-8,13-14,19-20H2,1-2H3,(H,32,33);1H.